The van der Waals surface area contributed by atoms with Gasteiger partial charge in [-0.15, -0.1) is 0 Å². The molecule has 1 rings (SSSR count). The van der Waals surface area contributed by atoms with Gasteiger partial charge in [0.2, 0.25) is 0 Å². The first-order valence-corrected chi connectivity index (χ1v) is 6.44. The summed E-state index contributed by atoms with van der Waals surface area (Å²) in [4.78, 5) is 38.5. The number of carbonyl (C=O) groups excluding carboxylic acids is 3. The van der Waals surface area contributed by atoms with Crippen molar-refractivity contribution in [3.63, 3.8) is 0 Å². The summed E-state index contributed by atoms with van der Waals surface area (Å²) in [6.07, 6.45) is -1.41. The van der Waals surface area contributed by atoms with Crippen LogP contribution in [-0.4, -0.2) is 36.3 Å². The van der Waals surface area contributed by atoms with E-state index in [4.69, 9.17) is 9.47 Å². The molecule has 0 fully saturated rings. The van der Waals surface area contributed by atoms with Crippen LogP contribution >= 0.6 is 0 Å². The van der Waals surface area contributed by atoms with Gasteiger partial charge in [-0.25, -0.2) is 4.79 Å². The number of nitrogens with zero attached hydrogens (tertiary/aromatic N) is 1. The normalized spacial score (nSPS) is 12.4. The number of benzene rings is 1. The molecule has 1 aromatic carbocycles. The zero-order valence-electron chi connectivity index (χ0n) is 12.2. The van der Waals surface area contributed by atoms with E-state index in [-0.39, 0.29) is 12.5 Å². The van der Waals surface area contributed by atoms with Crippen LogP contribution in [0.2, 0.25) is 0 Å². The van der Waals surface area contributed by atoms with Crippen molar-refractivity contribution in [2.75, 3.05) is 6.61 Å². The average molecular weight is 291 g/mol. The maximum atomic E-state index is 11.8. The number of esters is 1. The number of aliphatic imine (C=N–C) groups is 1. The summed E-state index contributed by atoms with van der Waals surface area (Å²) in [5.41, 5.74) is 0.385. The number of rotatable bonds is 5. The Morgan fingerprint density at radius 3 is 2.29 bits per heavy atom. The van der Waals surface area contributed by atoms with Gasteiger partial charge >= 0.3 is 5.97 Å². The van der Waals surface area contributed by atoms with E-state index in [1.807, 2.05) is 0 Å². The van der Waals surface area contributed by atoms with Gasteiger partial charge in [0.15, 0.2) is 11.7 Å². The van der Waals surface area contributed by atoms with Crippen LogP contribution in [0.3, 0.4) is 0 Å². The third-order valence-electron chi connectivity index (χ3n) is 2.44. The van der Waals surface area contributed by atoms with E-state index in [1.54, 1.807) is 37.3 Å². The maximum absolute atomic E-state index is 11.8. The molecule has 0 N–H and O–H groups in total. The third kappa shape index (κ3) is 5.18. The van der Waals surface area contributed by atoms with Gasteiger partial charge in [0.05, 0.1) is 6.61 Å². The van der Waals surface area contributed by atoms with Crippen LogP contribution in [0.5, 0.6) is 0 Å². The highest BCUT2D eigenvalue weighted by atomic mass is 16.6. The Balaban J connectivity index is 2.79. The molecule has 1 unspecified atom stereocenters. The Bertz CT molecular complexity index is 550. The summed E-state index contributed by atoms with van der Waals surface area (Å²) in [5, 5.41) is 0. The van der Waals surface area contributed by atoms with Crippen molar-refractivity contribution < 1.29 is 23.9 Å². The molecule has 0 spiro atoms. The molecular formula is C15H17NO5. The van der Waals surface area contributed by atoms with Crippen LogP contribution in [0.4, 0.5) is 0 Å². The maximum Gasteiger partial charge on any atom is 0.355 e. The first kappa shape index (κ1) is 16.6. The molecule has 0 aliphatic heterocycles. The van der Waals surface area contributed by atoms with Gasteiger partial charge in [-0.2, -0.15) is 4.99 Å². The Morgan fingerprint density at radius 2 is 1.76 bits per heavy atom. The summed E-state index contributed by atoms with van der Waals surface area (Å²) < 4.78 is 9.85. The third-order valence-corrected chi connectivity index (χ3v) is 2.44. The molecule has 0 bridgehead atoms. The second-order valence-electron chi connectivity index (χ2n) is 4.16. The number of ether oxygens (including phenoxy) is 2. The minimum Gasteiger partial charge on any atom is -0.463 e. The summed E-state index contributed by atoms with van der Waals surface area (Å²) >= 11 is 0. The number of amides is 1. The molecule has 6 nitrogen and oxygen atoms in total. The minimum absolute atomic E-state index is 0.0721. The minimum atomic E-state index is -1.41. The smallest absolute Gasteiger partial charge is 0.355 e. The Labute approximate surface area is 122 Å². The quantitative estimate of drug-likeness (QED) is 0.357. The molecule has 0 saturated carbocycles. The van der Waals surface area contributed by atoms with E-state index in [1.165, 1.54) is 13.8 Å². The number of ketones is 1. The van der Waals surface area contributed by atoms with E-state index < -0.39 is 23.8 Å². The standard InChI is InChI=1S/C15H17NO5/c1-4-20-15(19)13(10(2)17)21-11(3)16-14(18)12-8-6-5-7-9-12/h5-9,13H,4H2,1-3H3. The van der Waals surface area contributed by atoms with Crippen LogP contribution in [0.15, 0.2) is 35.3 Å². The molecule has 1 atom stereocenters. The SMILES string of the molecule is CCOC(=O)C(OC(C)=NC(=O)c1ccccc1)C(C)=O. The molecule has 0 aromatic heterocycles. The summed E-state index contributed by atoms with van der Waals surface area (Å²) in [5.74, 6) is -1.90. The van der Waals surface area contributed by atoms with Crippen molar-refractivity contribution in [3.05, 3.63) is 35.9 Å². The van der Waals surface area contributed by atoms with Crippen LogP contribution in [0.1, 0.15) is 31.1 Å². The molecular weight excluding hydrogens is 274 g/mol. The summed E-state index contributed by atoms with van der Waals surface area (Å²) in [6.45, 7) is 4.35. The number of carbonyl (C=O) groups is 3. The van der Waals surface area contributed by atoms with E-state index in [9.17, 15) is 14.4 Å². The van der Waals surface area contributed by atoms with Crippen molar-refractivity contribution in [2.24, 2.45) is 4.99 Å². The van der Waals surface area contributed by atoms with Gasteiger partial charge in [-0.3, -0.25) is 9.59 Å². The average Bonchev–Trinajstić information content (AvgIpc) is 2.45. The van der Waals surface area contributed by atoms with Gasteiger partial charge in [0.25, 0.3) is 12.0 Å². The topological polar surface area (TPSA) is 82.0 Å². The number of hydrogen-bond acceptors (Lipinski definition) is 5. The zero-order chi connectivity index (χ0) is 15.8. The van der Waals surface area contributed by atoms with E-state index in [0.29, 0.717) is 5.56 Å². The van der Waals surface area contributed by atoms with Gasteiger partial charge in [0, 0.05) is 12.5 Å². The highest BCUT2D eigenvalue weighted by molar-refractivity contribution is 6.05. The largest absolute Gasteiger partial charge is 0.463 e. The molecule has 0 heterocycles. The summed E-state index contributed by atoms with van der Waals surface area (Å²) in [6, 6.07) is 8.39. The fourth-order valence-corrected chi connectivity index (χ4v) is 1.50. The first-order valence-electron chi connectivity index (χ1n) is 6.44. The molecule has 112 valence electrons. The number of Topliss-reactive ketones (excluding diaryl/α,β-unsaturated/α-hetero) is 1. The van der Waals surface area contributed by atoms with Crippen molar-refractivity contribution >= 4 is 23.6 Å². The van der Waals surface area contributed by atoms with Crippen molar-refractivity contribution in [1.29, 1.82) is 0 Å². The second-order valence-corrected chi connectivity index (χ2v) is 4.16. The Morgan fingerprint density at radius 1 is 1.14 bits per heavy atom. The second kappa shape index (κ2) is 7.94. The summed E-state index contributed by atoms with van der Waals surface area (Å²) in [7, 11) is 0. The van der Waals surface area contributed by atoms with Crippen molar-refractivity contribution in [2.45, 2.75) is 26.9 Å². The predicted molar refractivity (Wildman–Crippen MR) is 76.1 cm³/mol. The van der Waals surface area contributed by atoms with E-state index in [2.05, 4.69) is 4.99 Å². The molecule has 6 heteroatoms. The highest BCUT2D eigenvalue weighted by Crippen LogP contribution is 2.04. The van der Waals surface area contributed by atoms with Crippen LogP contribution < -0.4 is 0 Å². The van der Waals surface area contributed by atoms with Crippen molar-refractivity contribution in [1.82, 2.24) is 0 Å². The Kier molecular flexibility index (Phi) is 6.26. The van der Waals surface area contributed by atoms with Gasteiger partial charge < -0.3 is 9.47 Å². The monoisotopic (exact) mass is 291 g/mol. The van der Waals surface area contributed by atoms with Crippen LogP contribution in [0.25, 0.3) is 0 Å². The molecule has 0 saturated heterocycles. The van der Waals surface area contributed by atoms with Crippen molar-refractivity contribution in [3.8, 4) is 0 Å². The number of hydrogen-bond donors (Lipinski definition) is 0. The lowest BCUT2D eigenvalue weighted by Crippen LogP contribution is -2.34. The van der Waals surface area contributed by atoms with Crippen LogP contribution in [0, 0.1) is 0 Å². The lowest BCUT2D eigenvalue weighted by atomic mass is 10.2. The Hall–Kier alpha value is -2.50. The molecule has 1 amide bonds. The zero-order valence-corrected chi connectivity index (χ0v) is 12.2. The van der Waals surface area contributed by atoms with Gasteiger partial charge in [-0.05, 0) is 26.0 Å². The van der Waals surface area contributed by atoms with Crippen LogP contribution in [-0.2, 0) is 19.1 Å². The molecule has 0 aliphatic rings. The highest BCUT2D eigenvalue weighted by Gasteiger charge is 2.27. The molecule has 0 aliphatic carbocycles. The molecule has 1 aromatic rings. The fourth-order valence-electron chi connectivity index (χ4n) is 1.50. The van der Waals surface area contributed by atoms with E-state index in [0.717, 1.165) is 0 Å². The first-order chi connectivity index (χ1) is 9.95. The molecule has 21 heavy (non-hydrogen) atoms. The fraction of sp³-hybridized carbons (Fsp3) is 0.333. The lowest BCUT2D eigenvalue weighted by Gasteiger charge is -2.14. The van der Waals surface area contributed by atoms with Gasteiger partial charge in [-0.1, -0.05) is 18.2 Å². The van der Waals surface area contributed by atoms with E-state index >= 15 is 0 Å². The molecule has 0 radical (unpaired) electrons. The predicted octanol–water partition coefficient (Wildman–Crippen LogP) is 1.78. The van der Waals surface area contributed by atoms with Gasteiger partial charge in [0.1, 0.15) is 0 Å². The lowest BCUT2D eigenvalue weighted by molar-refractivity contribution is -0.155.